The number of nitrogens with zero attached hydrogens (tertiary/aromatic N) is 3. The van der Waals surface area contributed by atoms with E-state index in [1.54, 1.807) is 0 Å². The van der Waals surface area contributed by atoms with Crippen LogP contribution in [0.25, 0.3) is 22.7 Å². The van der Waals surface area contributed by atoms with Gasteiger partial charge in [-0.25, -0.2) is 4.98 Å². The molecule has 29 heavy (non-hydrogen) atoms. The van der Waals surface area contributed by atoms with Crippen molar-refractivity contribution in [2.45, 2.75) is 40.7 Å². The lowest BCUT2D eigenvalue weighted by Crippen LogP contribution is -2.21. The van der Waals surface area contributed by atoms with E-state index in [0.29, 0.717) is 11.4 Å². The number of ether oxygens (including phenoxy) is 1. The van der Waals surface area contributed by atoms with Crippen LogP contribution in [0.4, 0.5) is 5.69 Å². The molecular weight excluding hydrogens is 360 g/mol. The van der Waals surface area contributed by atoms with Gasteiger partial charge in [-0.3, -0.25) is 0 Å². The number of aromatic amines is 1. The second kappa shape index (κ2) is 8.83. The Morgan fingerprint density at radius 3 is 2.62 bits per heavy atom. The largest absolute Gasteiger partial charge is 0.490 e. The Balaban J connectivity index is 2.06. The van der Waals surface area contributed by atoms with Gasteiger partial charge >= 0.3 is 0 Å². The molecule has 0 atom stereocenters. The number of hydrogen-bond donors (Lipinski definition) is 1. The molecule has 5 heteroatoms. The summed E-state index contributed by atoms with van der Waals surface area (Å²) in [6.07, 6.45) is 1.88. The molecular formula is C24H28N4O. The maximum absolute atomic E-state index is 9.78. The standard InChI is InChI=1S/C24H28N4O/c1-6-28(7-2)20-10-9-18(23(14-20)29-16(3)4)13-19(15-25)24-26-21-11-8-17(5)12-22(21)27-24/h8-14,16H,6-7H2,1-5H3,(H,26,27). The van der Waals surface area contributed by atoms with Crippen molar-refractivity contribution < 1.29 is 4.74 Å². The average Bonchev–Trinajstić information content (AvgIpc) is 3.10. The first-order chi connectivity index (χ1) is 13.9. The molecule has 1 N–H and O–H groups in total. The first-order valence-electron chi connectivity index (χ1n) is 10.1. The molecule has 0 aliphatic heterocycles. The average molecular weight is 389 g/mol. The van der Waals surface area contributed by atoms with Gasteiger partial charge in [0.1, 0.15) is 17.6 Å². The second-order valence-electron chi connectivity index (χ2n) is 7.34. The van der Waals surface area contributed by atoms with Gasteiger partial charge in [-0.2, -0.15) is 5.26 Å². The quantitative estimate of drug-likeness (QED) is 0.538. The Bertz CT molecular complexity index is 1070. The number of nitrogens with one attached hydrogen (secondary N) is 1. The van der Waals surface area contributed by atoms with Crippen LogP contribution in [0.15, 0.2) is 36.4 Å². The van der Waals surface area contributed by atoms with Crippen LogP contribution < -0.4 is 9.64 Å². The molecule has 1 heterocycles. The maximum atomic E-state index is 9.78. The summed E-state index contributed by atoms with van der Waals surface area (Å²) < 4.78 is 6.07. The van der Waals surface area contributed by atoms with Crippen molar-refractivity contribution in [1.29, 1.82) is 5.26 Å². The molecule has 1 aromatic heterocycles. The van der Waals surface area contributed by atoms with Gasteiger partial charge in [0.15, 0.2) is 0 Å². The Morgan fingerprint density at radius 1 is 1.21 bits per heavy atom. The molecule has 0 saturated heterocycles. The van der Waals surface area contributed by atoms with Crippen LogP contribution in [-0.4, -0.2) is 29.2 Å². The molecule has 0 amide bonds. The summed E-state index contributed by atoms with van der Waals surface area (Å²) in [5, 5.41) is 9.78. The summed E-state index contributed by atoms with van der Waals surface area (Å²) in [6.45, 7) is 12.2. The van der Waals surface area contributed by atoms with E-state index in [9.17, 15) is 5.26 Å². The van der Waals surface area contributed by atoms with Crippen molar-refractivity contribution >= 4 is 28.4 Å². The molecule has 0 aliphatic carbocycles. The normalized spacial score (nSPS) is 11.7. The fraction of sp³-hybridized carbons (Fsp3) is 0.333. The number of nitriles is 1. The predicted molar refractivity (Wildman–Crippen MR) is 120 cm³/mol. The van der Waals surface area contributed by atoms with Crippen LogP contribution in [0.1, 0.15) is 44.6 Å². The SMILES string of the molecule is CCN(CC)c1ccc(C=C(C#N)c2nc3ccc(C)cc3[nH]2)c(OC(C)C)c1. The zero-order valence-electron chi connectivity index (χ0n) is 17.8. The van der Waals surface area contributed by atoms with E-state index < -0.39 is 0 Å². The predicted octanol–water partition coefficient (Wildman–Crippen LogP) is 5.57. The van der Waals surface area contributed by atoms with Crippen LogP contribution in [0.2, 0.25) is 0 Å². The molecule has 2 aromatic carbocycles. The molecule has 0 saturated carbocycles. The molecule has 0 bridgehead atoms. The highest BCUT2D eigenvalue weighted by atomic mass is 16.5. The van der Waals surface area contributed by atoms with Crippen molar-refractivity contribution in [3.8, 4) is 11.8 Å². The van der Waals surface area contributed by atoms with Gasteiger partial charge in [-0.05, 0) is 70.5 Å². The number of fused-ring (bicyclic) bond motifs is 1. The van der Waals surface area contributed by atoms with Crippen molar-refractivity contribution in [2.24, 2.45) is 0 Å². The Labute approximate surface area is 172 Å². The van der Waals surface area contributed by atoms with Gasteiger partial charge in [0.25, 0.3) is 0 Å². The summed E-state index contributed by atoms with van der Waals surface area (Å²) in [7, 11) is 0. The maximum Gasteiger partial charge on any atom is 0.149 e. The third kappa shape index (κ3) is 4.60. The first-order valence-corrected chi connectivity index (χ1v) is 10.1. The fourth-order valence-electron chi connectivity index (χ4n) is 3.34. The highest BCUT2D eigenvalue weighted by Gasteiger charge is 2.13. The van der Waals surface area contributed by atoms with Crippen LogP contribution in [-0.2, 0) is 0 Å². The smallest absolute Gasteiger partial charge is 0.149 e. The molecule has 5 nitrogen and oxygen atoms in total. The number of benzene rings is 2. The lowest BCUT2D eigenvalue weighted by molar-refractivity contribution is 0.242. The molecule has 0 radical (unpaired) electrons. The molecule has 0 aliphatic rings. The second-order valence-corrected chi connectivity index (χ2v) is 7.34. The minimum atomic E-state index is 0.0359. The summed E-state index contributed by atoms with van der Waals surface area (Å²) >= 11 is 0. The lowest BCUT2D eigenvalue weighted by atomic mass is 10.1. The molecule has 0 spiro atoms. The highest BCUT2D eigenvalue weighted by molar-refractivity contribution is 5.91. The van der Waals surface area contributed by atoms with Crippen LogP contribution in [0, 0.1) is 18.3 Å². The molecule has 3 rings (SSSR count). The Morgan fingerprint density at radius 2 is 1.97 bits per heavy atom. The minimum Gasteiger partial charge on any atom is -0.490 e. The zero-order chi connectivity index (χ0) is 21.0. The monoisotopic (exact) mass is 388 g/mol. The highest BCUT2D eigenvalue weighted by Crippen LogP contribution is 2.30. The number of imidazole rings is 1. The van der Waals surface area contributed by atoms with E-state index >= 15 is 0 Å². The number of aromatic nitrogens is 2. The fourth-order valence-corrected chi connectivity index (χ4v) is 3.34. The van der Waals surface area contributed by atoms with Crippen molar-refractivity contribution in [3.05, 3.63) is 53.3 Å². The van der Waals surface area contributed by atoms with E-state index in [4.69, 9.17) is 4.74 Å². The summed E-state index contributed by atoms with van der Waals surface area (Å²) in [4.78, 5) is 10.1. The number of aryl methyl sites for hydroxylation is 1. The summed E-state index contributed by atoms with van der Waals surface area (Å²) in [5.74, 6) is 1.33. The zero-order valence-corrected chi connectivity index (χ0v) is 17.8. The van der Waals surface area contributed by atoms with Gasteiger partial charge in [-0.15, -0.1) is 0 Å². The first kappa shape index (κ1) is 20.5. The number of H-pyrrole nitrogens is 1. The van der Waals surface area contributed by atoms with E-state index in [2.05, 4.69) is 46.9 Å². The van der Waals surface area contributed by atoms with Crippen molar-refractivity contribution in [2.75, 3.05) is 18.0 Å². The van der Waals surface area contributed by atoms with Gasteiger partial charge in [0.2, 0.25) is 0 Å². The number of anilines is 1. The Kier molecular flexibility index (Phi) is 6.23. The number of hydrogen-bond acceptors (Lipinski definition) is 4. The van der Waals surface area contributed by atoms with E-state index in [-0.39, 0.29) is 6.10 Å². The van der Waals surface area contributed by atoms with Crippen LogP contribution >= 0.6 is 0 Å². The molecule has 150 valence electrons. The van der Waals surface area contributed by atoms with Gasteiger partial charge in [-0.1, -0.05) is 6.07 Å². The van der Waals surface area contributed by atoms with Crippen molar-refractivity contribution in [1.82, 2.24) is 9.97 Å². The van der Waals surface area contributed by atoms with Gasteiger partial charge in [0, 0.05) is 30.4 Å². The topological polar surface area (TPSA) is 64.9 Å². The molecule has 0 fully saturated rings. The molecule has 0 unspecified atom stereocenters. The van der Waals surface area contributed by atoms with E-state index in [1.807, 2.05) is 51.1 Å². The van der Waals surface area contributed by atoms with Gasteiger partial charge < -0.3 is 14.6 Å². The summed E-state index contributed by atoms with van der Waals surface area (Å²) in [6, 6.07) is 14.4. The van der Waals surface area contributed by atoms with E-state index in [0.717, 1.165) is 46.7 Å². The number of allylic oxidation sites excluding steroid dienone is 1. The minimum absolute atomic E-state index is 0.0359. The van der Waals surface area contributed by atoms with Crippen molar-refractivity contribution in [3.63, 3.8) is 0 Å². The lowest BCUT2D eigenvalue weighted by Gasteiger charge is -2.23. The third-order valence-corrected chi connectivity index (χ3v) is 4.80. The number of rotatable bonds is 7. The van der Waals surface area contributed by atoms with E-state index in [1.165, 1.54) is 0 Å². The summed E-state index contributed by atoms with van der Waals surface area (Å²) in [5.41, 5.74) is 5.38. The van der Waals surface area contributed by atoms with Crippen LogP contribution in [0.3, 0.4) is 0 Å². The third-order valence-electron chi connectivity index (χ3n) is 4.80. The Hall–Kier alpha value is -3.26. The molecule has 3 aromatic rings. The van der Waals surface area contributed by atoms with Crippen LogP contribution in [0.5, 0.6) is 5.75 Å². The van der Waals surface area contributed by atoms with Gasteiger partial charge in [0.05, 0.1) is 22.7 Å².